The van der Waals surface area contributed by atoms with Gasteiger partial charge in [0.1, 0.15) is 6.04 Å². The highest BCUT2D eigenvalue weighted by atomic mass is 16.5. The molecule has 0 unspecified atom stereocenters. The number of anilines is 3. The Labute approximate surface area is 142 Å². The molecule has 3 rings (SSSR count). The van der Waals surface area contributed by atoms with Gasteiger partial charge in [0.25, 0.3) is 0 Å². The normalized spacial score (nSPS) is 15.6. The lowest BCUT2D eigenvalue weighted by atomic mass is 10.2. The Hall–Kier alpha value is -2.53. The third-order valence-corrected chi connectivity index (χ3v) is 4.06. The van der Waals surface area contributed by atoms with E-state index in [1.807, 2.05) is 61.5 Å². The van der Waals surface area contributed by atoms with Gasteiger partial charge in [0.2, 0.25) is 5.91 Å². The van der Waals surface area contributed by atoms with Gasteiger partial charge in [-0.3, -0.25) is 4.79 Å². The Morgan fingerprint density at radius 1 is 1.00 bits per heavy atom. The maximum Gasteiger partial charge on any atom is 0.246 e. The van der Waals surface area contributed by atoms with Crippen LogP contribution < -0.4 is 15.5 Å². The number of para-hydroxylation sites is 1. The lowest BCUT2D eigenvalue weighted by Crippen LogP contribution is -2.36. The summed E-state index contributed by atoms with van der Waals surface area (Å²) in [7, 11) is 0. The van der Waals surface area contributed by atoms with Gasteiger partial charge in [-0.25, -0.2) is 0 Å². The topological polar surface area (TPSA) is 53.6 Å². The van der Waals surface area contributed by atoms with Crippen molar-refractivity contribution in [1.82, 2.24) is 0 Å². The van der Waals surface area contributed by atoms with Gasteiger partial charge in [0.05, 0.1) is 13.2 Å². The standard InChI is InChI=1S/C19H23N3O2/c1-15(20-16-5-3-2-4-6-16)19(23)21-17-7-9-18(10-8-17)22-11-13-24-14-12-22/h2-10,15,20H,11-14H2,1H3,(H,21,23)/t15-/m0/s1. The molecule has 2 N–H and O–H groups in total. The molecule has 5 nitrogen and oxygen atoms in total. The van der Waals surface area contributed by atoms with E-state index >= 15 is 0 Å². The molecule has 0 spiro atoms. The minimum Gasteiger partial charge on any atom is -0.378 e. The second-order valence-corrected chi connectivity index (χ2v) is 5.87. The predicted octanol–water partition coefficient (Wildman–Crippen LogP) is 2.96. The first-order valence-electron chi connectivity index (χ1n) is 8.27. The number of benzene rings is 2. The van der Waals surface area contributed by atoms with Crippen LogP contribution in [0, 0.1) is 0 Å². The number of hydrogen-bond acceptors (Lipinski definition) is 4. The van der Waals surface area contributed by atoms with Gasteiger partial charge < -0.3 is 20.3 Å². The number of amides is 1. The quantitative estimate of drug-likeness (QED) is 0.887. The molecule has 1 atom stereocenters. The summed E-state index contributed by atoms with van der Waals surface area (Å²) >= 11 is 0. The van der Waals surface area contributed by atoms with Crippen molar-refractivity contribution in [2.45, 2.75) is 13.0 Å². The van der Waals surface area contributed by atoms with Crippen molar-refractivity contribution in [2.24, 2.45) is 0 Å². The minimum atomic E-state index is -0.314. The average molecular weight is 325 g/mol. The van der Waals surface area contributed by atoms with Crippen LogP contribution in [0.15, 0.2) is 54.6 Å². The largest absolute Gasteiger partial charge is 0.378 e. The summed E-state index contributed by atoms with van der Waals surface area (Å²) in [6.07, 6.45) is 0. The Balaban J connectivity index is 1.55. The van der Waals surface area contributed by atoms with E-state index in [4.69, 9.17) is 4.74 Å². The Bertz CT molecular complexity index is 652. The van der Waals surface area contributed by atoms with Crippen LogP contribution in [0.4, 0.5) is 17.1 Å². The van der Waals surface area contributed by atoms with E-state index in [9.17, 15) is 4.79 Å². The van der Waals surface area contributed by atoms with Crippen molar-refractivity contribution in [2.75, 3.05) is 41.8 Å². The van der Waals surface area contributed by atoms with Gasteiger partial charge in [-0.15, -0.1) is 0 Å². The molecule has 24 heavy (non-hydrogen) atoms. The monoisotopic (exact) mass is 325 g/mol. The Morgan fingerprint density at radius 3 is 2.33 bits per heavy atom. The summed E-state index contributed by atoms with van der Waals surface area (Å²) in [4.78, 5) is 14.6. The van der Waals surface area contributed by atoms with Crippen LogP contribution in [0.2, 0.25) is 0 Å². The molecular weight excluding hydrogens is 302 g/mol. The zero-order valence-electron chi connectivity index (χ0n) is 13.9. The highest BCUT2D eigenvalue weighted by Gasteiger charge is 2.14. The van der Waals surface area contributed by atoms with Crippen LogP contribution in [0.1, 0.15) is 6.92 Å². The molecule has 0 bridgehead atoms. The van der Waals surface area contributed by atoms with Gasteiger partial charge in [0.15, 0.2) is 0 Å². The van der Waals surface area contributed by atoms with Crippen LogP contribution in [0.5, 0.6) is 0 Å². The summed E-state index contributed by atoms with van der Waals surface area (Å²) < 4.78 is 5.37. The number of morpholine rings is 1. The summed E-state index contributed by atoms with van der Waals surface area (Å²) in [6.45, 7) is 5.19. The second-order valence-electron chi connectivity index (χ2n) is 5.87. The summed E-state index contributed by atoms with van der Waals surface area (Å²) in [5.74, 6) is -0.0574. The number of rotatable bonds is 5. The highest BCUT2D eigenvalue weighted by molar-refractivity contribution is 5.96. The molecule has 0 radical (unpaired) electrons. The van der Waals surface area contributed by atoms with Crippen molar-refractivity contribution in [3.8, 4) is 0 Å². The van der Waals surface area contributed by atoms with Crippen LogP contribution in [-0.4, -0.2) is 38.3 Å². The van der Waals surface area contributed by atoms with Crippen LogP contribution >= 0.6 is 0 Å². The molecule has 0 aliphatic carbocycles. The van der Waals surface area contributed by atoms with Gasteiger partial charge in [-0.05, 0) is 43.3 Å². The van der Waals surface area contributed by atoms with Crippen LogP contribution in [0.25, 0.3) is 0 Å². The summed E-state index contributed by atoms with van der Waals surface area (Å²) in [6, 6.07) is 17.4. The molecule has 5 heteroatoms. The van der Waals surface area contributed by atoms with E-state index in [2.05, 4.69) is 15.5 Å². The van der Waals surface area contributed by atoms with Gasteiger partial charge >= 0.3 is 0 Å². The molecule has 2 aromatic carbocycles. The van der Waals surface area contributed by atoms with E-state index in [0.717, 1.165) is 43.4 Å². The van der Waals surface area contributed by atoms with Crippen molar-refractivity contribution < 1.29 is 9.53 Å². The fraction of sp³-hybridized carbons (Fsp3) is 0.316. The van der Waals surface area contributed by atoms with Gasteiger partial charge in [0, 0.05) is 30.2 Å². The highest BCUT2D eigenvalue weighted by Crippen LogP contribution is 2.19. The fourth-order valence-corrected chi connectivity index (χ4v) is 2.68. The summed E-state index contributed by atoms with van der Waals surface area (Å²) in [5.41, 5.74) is 2.90. The smallest absolute Gasteiger partial charge is 0.246 e. The Morgan fingerprint density at radius 2 is 1.67 bits per heavy atom. The van der Waals surface area contributed by atoms with E-state index in [1.54, 1.807) is 0 Å². The molecule has 0 aromatic heterocycles. The zero-order valence-corrected chi connectivity index (χ0v) is 13.9. The van der Waals surface area contributed by atoms with Crippen molar-refractivity contribution in [1.29, 1.82) is 0 Å². The first-order valence-corrected chi connectivity index (χ1v) is 8.27. The number of carbonyl (C=O) groups is 1. The number of hydrogen-bond donors (Lipinski definition) is 2. The molecule has 2 aromatic rings. The molecule has 1 aliphatic heterocycles. The molecule has 1 fully saturated rings. The first kappa shape index (κ1) is 16.3. The maximum atomic E-state index is 12.3. The van der Waals surface area contributed by atoms with E-state index < -0.39 is 0 Å². The molecule has 1 amide bonds. The lowest BCUT2D eigenvalue weighted by Gasteiger charge is -2.29. The van der Waals surface area contributed by atoms with Crippen LogP contribution in [0.3, 0.4) is 0 Å². The fourth-order valence-electron chi connectivity index (χ4n) is 2.68. The summed E-state index contributed by atoms with van der Waals surface area (Å²) in [5, 5.41) is 6.14. The molecule has 1 heterocycles. The lowest BCUT2D eigenvalue weighted by molar-refractivity contribution is -0.116. The zero-order chi connectivity index (χ0) is 16.8. The SMILES string of the molecule is C[C@H](Nc1ccccc1)C(=O)Nc1ccc(N2CCOCC2)cc1. The second kappa shape index (κ2) is 7.84. The van der Waals surface area contributed by atoms with Crippen LogP contribution in [-0.2, 0) is 9.53 Å². The third kappa shape index (κ3) is 4.26. The van der Waals surface area contributed by atoms with Crippen molar-refractivity contribution >= 4 is 23.0 Å². The number of nitrogens with one attached hydrogen (secondary N) is 2. The van der Waals surface area contributed by atoms with E-state index in [0.29, 0.717) is 0 Å². The minimum absolute atomic E-state index is 0.0574. The van der Waals surface area contributed by atoms with Gasteiger partial charge in [-0.2, -0.15) is 0 Å². The van der Waals surface area contributed by atoms with Crippen molar-refractivity contribution in [3.05, 3.63) is 54.6 Å². The Kier molecular flexibility index (Phi) is 5.33. The third-order valence-electron chi connectivity index (χ3n) is 4.06. The molecule has 1 saturated heterocycles. The maximum absolute atomic E-state index is 12.3. The van der Waals surface area contributed by atoms with E-state index in [-0.39, 0.29) is 11.9 Å². The number of carbonyl (C=O) groups excluding carboxylic acids is 1. The molecule has 126 valence electrons. The molecule has 0 saturated carbocycles. The number of ether oxygens (including phenoxy) is 1. The van der Waals surface area contributed by atoms with E-state index in [1.165, 1.54) is 0 Å². The average Bonchev–Trinajstić information content (AvgIpc) is 2.64. The molecular formula is C19H23N3O2. The van der Waals surface area contributed by atoms with Crippen molar-refractivity contribution in [3.63, 3.8) is 0 Å². The molecule has 1 aliphatic rings. The first-order chi connectivity index (χ1) is 11.7. The van der Waals surface area contributed by atoms with Gasteiger partial charge in [-0.1, -0.05) is 18.2 Å². The number of nitrogens with zero attached hydrogens (tertiary/aromatic N) is 1. The predicted molar refractivity (Wildman–Crippen MR) is 97.6 cm³/mol.